The second-order valence-electron chi connectivity index (χ2n) is 6.63. The summed E-state index contributed by atoms with van der Waals surface area (Å²) >= 11 is 0. The summed E-state index contributed by atoms with van der Waals surface area (Å²) < 4.78 is 31.5. The van der Waals surface area contributed by atoms with E-state index in [-0.39, 0.29) is 38.6 Å². The van der Waals surface area contributed by atoms with Crippen LogP contribution in [0.25, 0.3) is 11.1 Å². The first-order valence-electron chi connectivity index (χ1n) is 10.2. The van der Waals surface area contributed by atoms with Crippen LogP contribution >= 0.6 is 0 Å². The lowest BCUT2D eigenvalue weighted by Gasteiger charge is -2.13. The van der Waals surface area contributed by atoms with Gasteiger partial charge in [-0.3, -0.25) is 0 Å². The van der Waals surface area contributed by atoms with Crippen molar-refractivity contribution in [3.8, 4) is 28.4 Å². The quantitative estimate of drug-likeness (QED) is 0.242. The predicted octanol–water partition coefficient (Wildman–Crippen LogP) is 3.59. The number of carbonyl (C=O) groups is 2. The van der Waals surface area contributed by atoms with Gasteiger partial charge < -0.3 is 28.4 Å². The fourth-order valence-corrected chi connectivity index (χ4v) is 2.72. The Kier molecular flexibility index (Phi) is 10.5. The molecule has 0 aliphatic carbocycles. The van der Waals surface area contributed by atoms with E-state index in [4.69, 9.17) is 28.4 Å². The van der Waals surface area contributed by atoms with Crippen LogP contribution in [-0.4, -0.2) is 59.2 Å². The van der Waals surface area contributed by atoms with E-state index in [2.05, 4.69) is 13.2 Å². The van der Waals surface area contributed by atoms with E-state index < -0.39 is 11.9 Å². The minimum absolute atomic E-state index is 0.0832. The Morgan fingerprint density at radius 3 is 2.15 bits per heavy atom. The van der Waals surface area contributed by atoms with Gasteiger partial charge in [0.2, 0.25) is 0 Å². The summed E-state index contributed by atoms with van der Waals surface area (Å²) in [5, 5.41) is 0. The summed E-state index contributed by atoms with van der Waals surface area (Å²) in [6.45, 7) is 7.69. The number of ether oxygens (including phenoxy) is 6. The second-order valence-corrected chi connectivity index (χ2v) is 6.63. The van der Waals surface area contributed by atoms with Crippen LogP contribution in [0.2, 0.25) is 0 Å². The molecule has 0 saturated carbocycles. The molecular weight excluding hydrogens is 428 g/mol. The normalized spacial score (nSPS) is 10.1. The van der Waals surface area contributed by atoms with Crippen LogP contribution in [0.4, 0.5) is 0 Å². The van der Waals surface area contributed by atoms with Crippen molar-refractivity contribution >= 4 is 11.9 Å². The average Bonchev–Trinajstić information content (AvgIpc) is 2.84. The topological polar surface area (TPSA) is 89.5 Å². The van der Waals surface area contributed by atoms with Gasteiger partial charge in [0, 0.05) is 24.8 Å². The summed E-state index contributed by atoms with van der Waals surface area (Å²) in [7, 11) is 3.06. The molecule has 8 nitrogen and oxygen atoms in total. The van der Waals surface area contributed by atoms with Crippen molar-refractivity contribution in [2.45, 2.75) is 0 Å². The van der Waals surface area contributed by atoms with Crippen molar-refractivity contribution < 1.29 is 38.0 Å². The van der Waals surface area contributed by atoms with E-state index in [1.807, 2.05) is 36.4 Å². The fraction of sp³-hybridized carbons (Fsp3) is 0.280. The van der Waals surface area contributed by atoms with Crippen LogP contribution in [-0.2, 0) is 23.8 Å². The van der Waals surface area contributed by atoms with Crippen LogP contribution < -0.4 is 14.2 Å². The molecule has 0 radical (unpaired) electrons. The SMILES string of the molecule is C=CC(=O)OCCOc1ccc(-c2ccc(OCCOC(=O)C(=C)COC)cc2OC)cc1. The van der Waals surface area contributed by atoms with Crippen LogP contribution in [0.5, 0.6) is 17.2 Å². The molecule has 0 unspecified atom stereocenters. The molecule has 2 aromatic rings. The molecular formula is C25H28O8. The molecule has 0 aromatic heterocycles. The largest absolute Gasteiger partial charge is 0.496 e. The highest BCUT2D eigenvalue weighted by molar-refractivity contribution is 5.87. The van der Waals surface area contributed by atoms with Crippen molar-refractivity contribution in [3.05, 3.63) is 67.3 Å². The van der Waals surface area contributed by atoms with Gasteiger partial charge in [-0.1, -0.05) is 25.3 Å². The molecule has 0 fully saturated rings. The third-order valence-electron chi connectivity index (χ3n) is 4.29. The molecule has 0 aliphatic heterocycles. The summed E-state index contributed by atoms with van der Waals surface area (Å²) in [4.78, 5) is 22.7. The maximum absolute atomic E-state index is 11.7. The number of hydrogen-bond acceptors (Lipinski definition) is 8. The standard InChI is InChI=1S/C25H28O8/c1-5-24(26)32-14-12-30-20-8-6-19(7-9-20)22-11-10-21(16-23(22)29-4)31-13-15-33-25(27)18(2)17-28-3/h5-11,16H,1-2,12-15,17H2,3-4H3. The molecule has 8 heteroatoms. The van der Waals surface area contributed by atoms with E-state index in [1.54, 1.807) is 13.2 Å². The van der Waals surface area contributed by atoms with Gasteiger partial charge >= 0.3 is 11.9 Å². The molecule has 0 aliphatic rings. The van der Waals surface area contributed by atoms with E-state index in [0.29, 0.717) is 17.2 Å². The van der Waals surface area contributed by atoms with E-state index >= 15 is 0 Å². The van der Waals surface area contributed by atoms with Gasteiger partial charge in [-0.25, -0.2) is 9.59 Å². The second kappa shape index (κ2) is 13.6. The van der Waals surface area contributed by atoms with Crippen molar-refractivity contribution in [1.82, 2.24) is 0 Å². The lowest BCUT2D eigenvalue weighted by Crippen LogP contribution is -2.15. The van der Waals surface area contributed by atoms with E-state index in [1.165, 1.54) is 7.11 Å². The molecule has 33 heavy (non-hydrogen) atoms. The average molecular weight is 456 g/mol. The summed E-state index contributed by atoms with van der Waals surface area (Å²) in [6.07, 6.45) is 1.11. The number of methoxy groups -OCH3 is 2. The zero-order chi connectivity index (χ0) is 24.1. The third-order valence-corrected chi connectivity index (χ3v) is 4.29. The van der Waals surface area contributed by atoms with Gasteiger partial charge in [0.05, 0.1) is 19.3 Å². The highest BCUT2D eigenvalue weighted by Crippen LogP contribution is 2.34. The smallest absolute Gasteiger partial charge is 0.335 e. The number of hydrogen-bond donors (Lipinski definition) is 0. The summed E-state index contributed by atoms with van der Waals surface area (Å²) in [5.74, 6) is 0.857. The van der Waals surface area contributed by atoms with Gasteiger partial charge in [-0.15, -0.1) is 0 Å². The van der Waals surface area contributed by atoms with Crippen molar-refractivity contribution in [1.29, 1.82) is 0 Å². The molecule has 176 valence electrons. The highest BCUT2D eigenvalue weighted by Gasteiger charge is 2.10. The van der Waals surface area contributed by atoms with Gasteiger partial charge in [-0.2, -0.15) is 0 Å². The molecule has 0 bridgehead atoms. The van der Waals surface area contributed by atoms with Crippen LogP contribution in [0, 0.1) is 0 Å². The monoisotopic (exact) mass is 456 g/mol. The Morgan fingerprint density at radius 1 is 0.879 bits per heavy atom. The Hall–Kier alpha value is -3.78. The molecule has 2 rings (SSSR count). The lowest BCUT2D eigenvalue weighted by molar-refractivity contribution is -0.140. The Morgan fingerprint density at radius 2 is 1.52 bits per heavy atom. The molecule has 0 spiro atoms. The lowest BCUT2D eigenvalue weighted by atomic mass is 10.0. The van der Waals surface area contributed by atoms with E-state index in [9.17, 15) is 9.59 Å². The van der Waals surface area contributed by atoms with Crippen molar-refractivity contribution in [3.63, 3.8) is 0 Å². The van der Waals surface area contributed by atoms with Gasteiger partial charge in [-0.05, 0) is 29.8 Å². The summed E-state index contributed by atoms with van der Waals surface area (Å²) in [6, 6.07) is 12.9. The molecule has 0 amide bonds. The Bertz CT molecular complexity index is 949. The minimum atomic E-state index is -0.515. The third kappa shape index (κ3) is 8.34. The number of carbonyl (C=O) groups excluding carboxylic acids is 2. The zero-order valence-electron chi connectivity index (χ0n) is 18.8. The first kappa shape index (κ1) is 25.5. The van der Waals surface area contributed by atoms with Crippen LogP contribution in [0.15, 0.2) is 67.3 Å². The number of benzene rings is 2. The van der Waals surface area contributed by atoms with Gasteiger partial charge in [0.1, 0.15) is 43.7 Å². The first-order chi connectivity index (χ1) is 16.0. The number of esters is 2. The van der Waals surface area contributed by atoms with Crippen molar-refractivity contribution in [2.75, 3.05) is 47.3 Å². The van der Waals surface area contributed by atoms with Crippen LogP contribution in [0.1, 0.15) is 0 Å². The molecule has 0 atom stereocenters. The fourth-order valence-electron chi connectivity index (χ4n) is 2.72. The maximum Gasteiger partial charge on any atom is 0.335 e. The maximum atomic E-state index is 11.7. The Labute approximate surface area is 193 Å². The molecule has 2 aromatic carbocycles. The van der Waals surface area contributed by atoms with Crippen LogP contribution in [0.3, 0.4) is 0 Å². The molecule has 0 saturated heterocycles. The predicted molar refractivity (Wildman–Crippen MR) is 123 cm³/mol. The first-order valence-corrected chi connectivity index (χ1v) is 10.2. The number of rotatable bonds is 14. The molecule has 0 heterocycles. The zero-order valence-corrected chi connectivity index (χ0v) is 18.8. The Balaban J connectivity index is 1.89. The highest BCUT2D eigenvalue weighted by atomic mass is 16.6. The van der Waals surface area contributed by atoms with Gasteiger partial charge in [0.25, 0.3) is 0 Å². The van der Waals surface area contributed by atoms with Crippen molar-refractivity contribution in [2.24, 2.45) is 0 Å². The summed E-state index contributed by atoms with van der Waals surface area (Å²) in [5.41, 5.74) is 2.05. The van der Waals surface area contributed by atoms with E-state index in [0.717, 1.165) is 17.2 Å². The minimum Gasteiger partial charge on any atom is -0.496 e. The van der Waals surface area contributed by atoms with Gasteiger partial charge in [0.15, 0.2) is 0 Å². The molecule has 0 N–H and O–H groups in total.